The van der Waals surface area contributed by atoms with E-state index in [4.69, 9.17) is 5.11 Å². The van der Waals surface area contributed by atoms with Gasteiger partial charge in [0.2, 0.25) is 5.78 Å². The smallest absolute Gasteiger partial charge is 0.372 e. The van der Waals surface area contributed by atoms with Gasteiger partial charge in [0, 0.05) is 18.1 Å². The molecule has 30 heavy (non-hydrogen) atoms. The van der Waals surface area contributed by atoms with E-state index in [1.807, 2.05) is 42.5 Å². The van der Waals surface area contributed by atoms with Crippen molar-refractivity contribution in [3.8, 4) is 0 Å². The second-order valence-electron chi connectivity index (χ2n) is 7.03. The molecule has 0 spiro atoms. The lowest BCUT2D eigenvalue weighted by atomic mass is 10.0. The van der Waals surface area contributed by atoms with Crippen LogP contribution in [0, 0.1) is 0 Å². The largest absolute Gasteiger partial charge is 0.475 e. The molecule has 0 saturated heterocycles. The number of benzene rings is 3. The number of carboxylic acids is 1. The summed E-state index contributed by atoms with van der Waals surface area (Å²) in [5.41, 5.74) is 0.923. The molecule has 4 aromatic rings. The van der Waals surface area contributed by atoms with Crippen molar-refractivity contribution in [1.82, 2.24) is 4.57 Å². The van der Waals surface area contributed by atoms with E-state index in [0.29, 0.717) is 17.4 Å². The van der Waals surface area contributed by atoms with Gasteiger partial charge in [-0.2, -0.15) is 0 Å². The summed E-state index contributed by atoms with van der Waals surface area (Å²) >= 11 is 0. The van der Waals surface area contributed by atoms with Gasteiger partial charge in [0.15, 0.2) is 11.2 Å². The molecule has 0 bridgehead atoms. The van der Waals surface area contributed by atoms with Gasteiger partial charge >= 0.3 is 5.97 Å². The topological polar surface area (TPSA) is 93.4 Å². The van der Waals surface area contributed by atoms with Crippen LogP contribution in [0.2, 0.25) is 0 Å². The number of hydrogen-bond acceptors (Lipinski definition) is 4. The number of pyridine rings is 1. The first-order chi connectivity index (χ1) is 14.4. The van der Waals surface area contributed by atoms with Crippen LogP contribution in [0.15, 0.2) is 77.7 Å². The summed E-state index contributed by atoms with van der Waals surface area (Å²) in [6.07, 6.45) is 0.566. The summed E-state index contributed by atoms with van der Waals surface area (Å²) in [5.74, 6) is -3.74. The minimum absolute atomic E-state index is 0.191. The Morgan fingerprint density at radius 1 is 0.867 bits per heavy atom. The van der Waals surface area contributed by atoms with Crippen molar-refractivity contribution in [2.45, 2.75) is 13.0 Å². The highest BCUT2D eigenvalue weighted by Crippen LogP contribution is 2.19. The van der Waals surface area contributed by atoms with Crippen LogP contribution in [0.3, 0.4) is 0 Å². The quantitative estimate of drug-likeness (QED) is 0.305. The molecule has 6 nitrogen and oxygen atoms in total. The highest BCUT2D eigenvalue weighted by molar-refractivity contribution is 6.37. The number of Topliss-reactive ketones (excluding diaryl/α,β-unsaturated/α-hetero) is 2. The molecule has 6 heteroatoms. The van der Waals surface area contributed by atoms with Gasteiger partial charge in [-0.25, -0.2) is 4.79 Å². The molecule has 0 atom stereocenters. The van der Waals surface area contributed by atoms with E-state index in [-0.39, 0.29) is 5.56 Å². The van der Waals surface area contributed by atoms with Crippen molar-refractivity contribution >= 4 is 39.2 Å². The summed E-state index contributed by atoms with van der Waals surface area (Å²) in [5, 5.41) is 11.3. The Bertz CT molecular complexity index is 1380. The Morgan fingerprint density at radius 3 is 2.33 bits per heavy atom. The molecule has 1 aromatic heterocycles. The number of rotatable bonds is 6. The molecule has 148 valence electrons. The maximum absolute atomic E-state index is 12.8. The third-order valence-corrected chi connectivity index (χ3v) is 5.01. The van der Waals surface area contributed by atoms with Gasteiger partial charge in [0.1, 0.15) is 0 Å². The molecule has 0 unspecified atom stereocenters. The molecule has 0 saturated carbocycles. The standard InChI is InChI=1S/C24H17NO5/c26-21(12-22(27)24(29)30)19-14-25(20-8-4-3-7-18(20)23(19)28)13-15-9-10-16-5-1-2-6-17(16)11-15/h1-11,14H,12-13H2,(H,29,30). The third kappa shape index (κ3) is 3.63. The SMILES string of the molecule is O=C(O)C(=O)CC(=O)c1cn(Cc2ccc3ccccc3c2)c2ccccc2c1=O. The molecule has 4 rings (SSSR count). The van der Waals surface area contributed by atoms with Crippen molar-refractivity contribution in [2.24, 2.45) is 0 Å². The maximum Gasteiger partial charge on any atom is 0.372 e. The van der Waals surface area contributed by atoms with E-state index in [2.05, 4.69) is 0 Å². The molecule has 0 amide bonds. The van der Waals surface area contributed by atoms with E-state index >= 15 is 0 Å². The van der Waals surface area contributed by atoms with E-state index in [1.165, 1.54) is 6.20 Å². The van der Waals surface area contributed by atoms with Crippen LogP contribution >= 0.6 is 0 Å². The summed E-state index contributed by atoms with van der Waals surface area (Å²) in [6.45, 7) is 0.402. The Morgan fingerprint density at radius 2 is 1.57 bits per heavy atom. The lowest BCUT2D eigenvalue weighted by molar-refractivity contribution is -0.148. The first kappa shape index (κ1) is 19.3. The van der Waals surface area contributed by atoms with Crippen LogP contribution in [0.5, 0.6) is 0 Å². The Balaban J connectivity index is 1.81. The minimum Gasteiger partial charge on any atom is -0.475 e. The average molecular weight is 399 g/mol. The second-order valence-corrected chi connectivity index (χ2v) is 7.03. The predicted molar refractivity (Wildman–Crippen MR) is 113 cm³/mol. The van der Waals surface area contributed by atoms with Crippen LogP contribution in [0.4, 0.5) is 0 Å². The lowest BCUT2D eigenvalue weighted by Crippen LogP contribution is -2.23. The number of hydrogen-bond donors (Lipinski definition) is 1. The van der Waals surface area contributed by atoms with Crippen molar-refractivity contribution in [3.05, 3.63) is 94.3 Å². The highest BCUT2D eigenvalue weighted by Gasteiger charge is 2.21. The van der Waals surface area contributed by atoms with Gasteiger partial charge < -0.3 is 9.67 Å². The van der Waals surface area contributed by atoms with Gasteiger partial charge in [0.05, 0.1) is 17.5 Å². The van der Waals surface area contributed by atoms with Crippen molar-refractivity contribution in [1.29, 1.82) is 0 Å². The normalized spacial score (nSPS) is 10.9. The van der Waals surface area contributed by atoms with Crippen LogP contribution in [-0.2, 0) is 16.1 Å². The fourth-order valence-corrected chi connectivity index (χ4v) is 3.53. The van der Waals surface area contributed by atoms with Gasteiger partial charge in [-0.1, -0.05) is 48.5 Å². The minimum atomic E-state index is -1.69. The Kier molecular flexibility index (Phi) is 4.98. The van der Waals surface area contributed by atoms with Crippen molar-refractivity contribution in [2.75, 3.05) is 0 Å². The zero-order valence-corrected chi connectivity index (χ0v) is 15.9. The number of ketones is 2. The van der Waals surface area contributed by atoms with Crippen LogP contribution < -0.4 is 5.43 Å². The summed E-state index contributed by atoms with van der Waals surface area (Å²) in [4.78, 5) is 47.6. The van der Waals surface area contributed by atoms with Crippen LogP contribution in [0.25, 0.3) is 21.7 Å². The summed E-state index contributed by atoms with van der Waals surface area (Å²) in [7, 11) is 0. The van der Waals surface area contributed by atoms with E-state index in [1.54, 1.807) is 28.8 Å². The van der Waals surface area contributed by atoms with Crippen LogP contribution in [-0.4, -0.2) is 27.2 Å². The molecule has 3 aromatic carbocycles. The monoisotopic (exact) mass is 399 g/mol. The fourth-order valence-electron chi connectivity index (χ4n) is 3.53. The van der Waals surface area contributed by atoms with Crippen molar-refractivity contribution in [3.63, 3.8) is 0 Å². The van der Waals surface area contributed by atoms with Crippen molar-refractivity contribution < 1.29 is 19.5 Å². The molecule has 0 aliphatic carbocycles. The Labute approximate surface area is 171 Å². The van der Waals surface area contributed by atoms with Gasteiger partial charge in [-0.3, -0.25) is 14.4 Å². The molecular weight excluding hydrogens is 382 g/mol. The number of carboxylic acid groups (broad SMARTS) is 1. The lowest BCUT2D eigenvalue weighted by Gasteiger charge is -2.14. The third-order valence-electron chi connectivity index (χ3n) is 5.01. The number of carbonyl (C=O) groups is 3. The zero-order valence-electron chi connectivity index (χ0n) is 15.9. The summed E-state index contributed by atoms with van der Waals surface area (Å²) in [6, 6.07) is 20.9. The molecule has 0 radical (unpaired) electrons. The molecule has 1 heterocycles. The fraction of sp³-hybridized carbons (Fsp3) is 0.0833. The van der Waals surface area contributed by atoms with Gasteiger partial charge in [0.25, 0.3) is 0 Å². The number of aromatic nitrogens is 1. The molecule has 0 aliphatic heterocycles. The molecule has 1 N–H and O–H groups in total. The number of aliphatic carboxylic acids is 1. The maximum atomic E-state index is 12.8. The highest BCUT2D eigenvalue weighted by atomic mass is 16.4. The number of nitrogens with zero attached hydrogens (tertiary/aromatic N) is 1. The van der Waals surface area contributed by atoms with E-state index in [0.717, 1.165) is 16.3 Å². The number of fused-ring (bicyclic) bond motifs is 2. The number of carbonyl (C=O) groups excluding carboxylic acids is 2. The van der Waals surface area contributed by atoms with Gasteiger partial charge in [-0.05, 0) is 34.5 Å². The predicted octanol–water partition coefficient (Wildman–Crippen LogP) is 3.43. The second kappa shape index (κ2) is 7.75. The first-order valence-electron chi connectivity index (χ1n) is 9.33. The van der Waals surface area contributed by atoms with Crippen LogP contribution in [0.1, 0.15) is 22.3 Å². The average Bonchev–Trinajstić information content (AvgIpc) is 2.75. The molecule has 0 fully saturated rings. The Hall–Kier alpha value is -4.06. The molecule has 0 aliphatic rings. The van der Waals surface area contributed by atoms with Gasteiger partial charge in [-0.15, -0.1) is 0 Å². The van der Waals surface area contributed by atoms with E-state index in [9.17, 15) is 19.2 Å². The molecular formula is C24H17NO5. The van der Waals surface area contributed by atoms with E-state index < -0.39 is 29.4 Å². The summed E-state index contributed by atoms with van der Waals surface area (Å²) < 4.78 is 1.78. The zero-order chi connectivity index (χ0) is 21.3. The first-order valence-corrected chi connectivity index (χ1v) is 9.33. The number of para-hydroxylation sites is 1.